The summed E-state index contributed by atoms with van der Waals surface area (Å²) in [6, 6.07) is 32.7. The topological polar surface area (TPSA) is 223 Å². The minimum atomic E-state index is -0.509. The number of ether oxygens (including phenoxy) is 2. The number of aromatic nitrogens is 6. The molecule has 4 aromatic heterocycles. The van der Waals surface area contributed by atoms with E-state index in [1.165, 1.54) is 27.3 Å². The number of nitrogens with zero attached hydrogens (tertiary/aromatic N) is 10. The Morgan fingerprint density at radius 3 is 1.45 bits per heavy atom. The van der Waals surface area contributed by atoms with Crippen molar-refractivity contribution in [2.75, 3.05) is 112 Å². The Bertz CT molecular complexity index is 3660. The van der Waals surface area contributed by atoms with Gasteiger partial charge < -0.3 is 71.5 Å². The van der Waals surface area contributed by atoms with Crippen LogP contribution in [0.2, 0.25) is 0 Å². The molecule has 10 rings (SSSR count). The molecule has 463 valence electrons. The molecule has 1 radical (unpaired) electrons. The third kappa shape index (κ3) is 20.5. The quantitative estimate of drug-likeness (QED) is 0.0277. The molecule has 0 bridgehead atoms. The van der Waals surface area contributed by atoms with Gasteiger partial charge in [0.1, 0.15) is 11.5 Å². The molecule has 0 spiro atoms. The summed E-state index contributed by atoms with van der Waals surface area (Å²) < 4.78 is 14.4. The molecule has 4 aromatic carbocycles. The van der Waals surface area contributed by atoms with Crippen LogP contribution in [0.3, 0.4) is 0 Å². The Morgan fingerprint density at radius 2 is 1.06 bits per heavy atom. The standard InChI is InChI=1S/C29H31N7O3.C25H27N7O2.C3H3ClO.2C3H7.C2H5.Ni/c1-4-6-26(37)31-21-7-5-8-23(17-21)36-27(38)12-9-20-19-30-29(33-28(20)36)32-24-11-10-22(18-25(24)39-3)35-15-13-34(2)14-16-35;1-30-10-12-31(13-11-30)19-7-8-21(22(15-19)34-2)28-25-27-16-17-6-9-23(33)32(24(17)29-25)20-5-3-4-18(26)14-20;1-2-3(4)5;2*1-3-2;1-2;/h4-12,17-19H,13-16H2,1-3H3,(H,31,37)(H,30,32,33);3-9,14-16H,10-13,26H2,1-2H3,(H,27,28,29);2H,1H2;2*1,3H2,2H3;1H2,2H3;/q;;;3*-1;+3/b6-4+;;;;;;. The van der Waals surface area contributed by atoms with Crippen LogP contribution in [0.25, 0.3) is 33.4 Å². The number of nitrogen functional groups attached to an aromatic ring is 1. The molecule has 1 amide bonds. The van der Waals surface area contributed by atoms with Crippen LogP contribution >= 0.6 is 11.6 Å². The molecule has 6 heterocycles. The monoisotopic (exact) mass is 1250 g/mol. The first kappa shape index (κ1) is 70.9. The fourth-order valence-corrected chi connectivity index (χ4v) is 8.71. The number of allylic oxidation sites excluding steroid dienone is 2. The largest absolute Gasteiger partial charge is 3.00 e. The Balaban J connectivity index is 0.000000310. The average molecular weight is 1250 g/mol. The third-order valence-corrected chi connectivity index (χ3v) is 13.0. The molecule has 0 atom stereocenters. The molecule has 5 N–H and O–H groups in total. The summed E-state index contributed by atoms with van der Waals surface area (Å²) in [5, 5.41) is 10.2. The summed E-state index contributed by atoms with van der Waals surface area (Å²) in [5.74, 6) is 1.80. The molecule has 2 fully saturated rings. The maximum atomic E-state index is 13.0. The maximum Gasteiger partial charge on any atom is 3.00 e. The number of fused-ring (bicyclic) bond motifs is 2. The van der Waals surface area contributed by atoms with E-state index in [1.54, 1.807) is 95.1 Å². The number of nitrogens with two attached hydrogens (primary N) is 1. The van der Waals surface area contributed by atoms with Crippen LogP contribution in [0.4, 0.5) is 46.0 Å². The van der Waals surface area contributed by atoms with Crippen LogP contribution in [-0.2, 0) is 26.1 Å². The van der Waals surface area contributed by atoms with Crippen molar-refractivity contribution < 1.29 is 35.6 Å². The normalized spacial score (nSPS) is 12.8. The molecular weight excluding hydrogens is 1170 g/mol. The maximum absolute atomic E-state index is 13.0. The molecule has 0 aliphatic carbocycles. The summed E-state index contributed by atoms with van der Waals surface area (Å²) >= 11 is 4.71. The molecule has 0 saturated carbocycles. The number of methoxy groups -OCH3 is 2. The molecule has 2 aliphatic heterocycles. The van der Waals surface area contributed by atoms with Gasteiger partial charge in [-0.2, -0.15) is 29.7 Å². The van der Waals surface area contributed by atoms with Crippen LogP contribution in [0.1, 0.15) is 40.5 Å². The van der Waals surface area contributed by atoms with Crippen molar-refractivity contribution in [2.24, 2.45) is 0 Å². The van der Waals surface area contributed by atoms with Crippen LogP contribution in [-0.4, -0.2) is 131 Å². The van der Waals surface area contributed by atoms with Gasteiger partial charge >= 0.3 is 16.5 Å². The zero-order valence-electron chi connectivity index (χ0n) is 50.9. The molecule has 20 nitrogen and oxygen atoms in total. The van der Waals surface area contributed by atoms with Gasteiger partial charge in [-0.25, -0.2) is 9.97 Å². The molecule has 2 saturated heterocycles. The van der Waals surface area contributed by atoms with Gasteiger partial charge in [0, 0.05) is 123 Å². The van der Waals surface area contributed by atoms with E-state index in [-0.39, 0.29) is 33.5 Å². The van der Waals surface area contributed by atoms with Crippen molar-refractivity contribution in [1.29, 1.82) is 0 Å². The van der Waals surface area contributed by atoms with Crippen LogP contribution in [0.15, 0.2) is 156 Å². The number of hydrogen-bond acceptors (Lipinski definition) is 17. The predicted molar refractivity (Wildman–Crippen MR) is 353 cm³/mol. The van der Waals surface area contributed by atoms with Crippen LogP contribution in [0, 0.1) is 20.8 Å². The molecule has 22 heteroatoms. The Morgan fingerprint density at radius 1 is 0.644 bits per heavy atom. The second-order valence-corrected chi connectivity index (χ2v) is 19.6. The van der Waals surface area contributed by atoms with E-state index in [2.05, 4.69) is 104 Å². The van der Waals surface area contributed by atoms with Gasteiger partial charge in [-0.15, -0.1) is 0 Å². The van der Waals surface area contributed by atoms with E-state index >= 15 is 0 Å². The molecule has 8 aromatic rings. The smallest absolute Gasteiger partial charge is 0.494 e. The average Bonchev–Trinajstić information content (AvgIpc) is 1.58. The molecular formula is C65H80ClN14NiO6. The van der Waals surface area contributed by atoms with E-state index in [0.717, 1.165) is 93.7 Å². The first-order chi connectivity index (χ1) is 41.6. The van der Waals surface area contributed by atoms with Gasteiger partial charge in [-0.05, 0) is 118 Å². The van der Waals surface area contributed by atoms with Gasteiger partial charge in [0.25, 0.3) is 11.1 Å². The zero-order valence-corrected chi connectivity index (χ0v) is 52.6. The van der Waals surface area contributed by atoms with Crippen molar-refractivity contribution >= 4 is 90.8 Å². The van der Waals surface area contributed by atoms with Gasteiger partial charge in [0.15, 0.2) is 11.3 Å². The second-order valence-electron chi connectivity index (χ2n) is 19.2. The van der Waals surface area contributed by atoms with Gasteiger partial charge in [-0.3, -0.25) is 28.3 Å². The molecule has 2 aliphatic rings. The van der Waals surface area contributed by atoms with Crippen molar-refractivity contribution in [3.63, 3.8) is 0 Å². The van der Waals surface area contributed by atoms with Crippen molar-refractivity contribution in [2.45, 2.75) is 40.5 Å². The van der Waals surface area contributed by atoms with E-state index in [9.17, 15) is 19.2 Å². The van der Waals surface area contributed by atoms with Crippen molar-refractivity contribution in [3.8, 4) is 22.9 Å². The minimum absolute atomic E-state index is 0. The number of hydrogen-bond donors (Lipinski definition) is 4. The van der Waals surface area contributed by atoms with Crippen LogP contribution < -0.4 is 52.1 Å². The number of likely N-dealkylation sites (N-methyl/N-ethyl adjacent to an activating group) is 2. The Hall–Kier alpha value is -8.62. The first-order valence-electron chi connectivity index (χ1n) is 28.1. The fourth-order valence-electron chi connectivity index (χ4n) is 8.71. The number of halogens is 1. The van der Waals surface area contributed by atoms with Gasteiger partial charge in [0.2, 0.25) is 23.0 Å². The summed E-state index contributed by atoms with van der Waals surface area (Å²) in [6.07, 6.45) is 9.51. The Labute approximate surface area is 526 Å². The molecule has 87 heavy (non-hydrogen) atoms. The summed E-state index contributed by atoms with van der Waals surface area (Å²) in [6.45, 7) is 28.8. The minimum Gasteiger partial charge on any atom is -0.494 e. The number of amides is 1. The third-order valence-electron chi connectivity index (χ3n) is 12.8. The van der Waals surface area contributed by atoms with Crippen molar-refractivity contribution in [1.82, 2.24) is 38.9 Å². The van der Waals surface area contributed by atoms with Gasteiger partial charge in [-0.1, -0.05) is 38.6 Å². The van der Waals surface area contributed by atoms with E-state index in [0.29, 0.717) is 68.5 Å². The first-order valence-corrected chi connectivity index (χ1v) is 28.5. The predicted octanol–water partition coefficient (Wildman–Crippen LogP) is 10.9. The fraction of sp³-hybridized carbons (Fsp3) is 0.277. The molecule has 0 unspecified atom stereocenters. The summed E-state index contributed by atoms with van der Waals surface area (Å²) in [4.78, 5) is 74.8. The second kappa shape index (κ2) is 36.4. The van der Waals surface area contributed by atoms with E-state index in [4.69, 9.17) is 31.8 Å². The number of benzene rings is 4. The number of anilines is 8. The zero-order chi connectivity index (χ0) is 62.7. The number of piperazine rings is 2. The van der Waals surface area contributed by atoms with E-state index < -0.39 is 5.24 Å². The van der Waals surface area contributed by atoms with Crippen LogP contribution in [0.5, 0.6) is 11.5 Å². The number of carbonyl (C=O) groups excluding carboxylic acids is 2. The Kier molecular flexibility index (Phi) is 29.6. The SMILES string of the molecule is C/C=C/C(=O)Nc1cccc(-n2c(=O)ccc3cnc(Nc4ccc(N5CCN(C)CC5)cc4OC)nc32)c1.C=CC(=O)Cl.COc1cc(N2CCN(C)CC2)ccc1Nc1ncc2ccc(=O)n(-c3cccc(N)c3)c2n1.[CH2-]C.[CH2-]CC.[CH2-]CC.[Ni+3]. The summed E-state index contributed by atoms with van der Waals surface area (Å²) in [5.41, 5.74) is 12.5. The number of nitrogens with one attached hydrogen (secondary N) is 3. The number of carbonyl (C=O) groups is 2. The summed E-state index contributed by atoms with van der Waals surface area (Å²) in [7, 11) is 7.55. The van der Waals surface area contributed by atoms with Crippen molar-refractivity contribution in [3.05, 3.63) is 188 Å². The van der Waals surface area contributed by atoms with E-state index in [1.807, 2.05) is 50.2 Å². The van der Waals surface area contributed by atoms with Gasteiger partial charge in [0.05, 0.1) is 37.0 Å². The number of rotatable bonds is 13. The number of pyridine rings is 2.